The number of benzene rings is 2. The third-order valence-electron chi connectivity index (χ3n) is 4.73. The van der Waals surface area contributed by atoms with Crippen LogP contribution < -0.4 is 14.4 Å². The van der Waals surface area contributed by atoms with E-state index in [1.54, 1.807) is 48.5 Å². The van der Waals surface area contributed by atoms with Gasteiger partial charge in [-0.15, -0.1) is 6.58 Å². The van der Waals surface area contributed by atoms with E-state index in [1.165, 1.54) is 25.2 Å². The lowest BCUT2D eigenvalue weighted by Crippen LogP contribution is -2.45. The number of carbonyl (C=O) groups is 3. The molecule has 0 bridgehead atoms. The molecule has 0 spiro atoms. The Morgan fingerprint density at radius 3 is 2.45 bits per heavy atom. The maximum Gasteiger partial charge on any atom is 0.257 e. The maximum atomic E-state index is 13.1. The molecule has 1 aliphatic rings. The zero-order valence-electron chi connectivity index (χ0n) is 16.3. The minimum Gasteiger partial charge on any atom is -0.497 e. The number of methoxy groups -OCH3 is 2. The summed E-state index contributed by atoms with van der Waals surface area (Å²) in [6.07, 6.45) is 1.44. The van der Waals surface area contributed by atoms with Crippen molar-refractivity contribution in [2.45, 2.75) is 12.5 Å². The Balaban J connectivity index is 1.89. The molecule has 0 saturated carbocycles. The lowest BCUT2D eigenvalue weighted by Gasteiger charge is -2.26. The van der Waals surface area contributed by atoms with E-state index in [2.05, 4.69) is 6.58 Å². The Bertz CT molecular complexity index is 938. The fourth-order valence-electron chi connectivity index (χ4n) is 3.27. The molecule has 0 radical (unpaired) electrons. The van der Waals surface area contributed by atoms with Crippen LogP contribution in [0.5, 0.6) is 11.5 Å². The van der Waals surface area contributed by atoms with Crippen molar-refractivity contribution in [1.29, 1.82) is 0 Å². The zero-order valence-corrected chi connectivity index (χ0v) is 16.3. The van der Waals surface area contributed by atoms with E-state index in [4.69, 9.17) is 9.47 Å². The quantitative estimate of drug-likeness (QED) is 0.533. The molecule has 0 N–H and O–H groups in total. The number of anilines is 1. The number of imide groups is 1. The van der Waals surface area contributed by atoms with Crippen LogP contribution in [0.1, 0.15) is 16.8 Å². The Hall–Kier alpha value is -3.61. The molecule has 2 aromatic rings. The third kappa shape index (κ3) is 3.99. The molecular weight excluding hydrogens is 372 g/mol. The molecule has 2 aromatic carbocycles. The first-order valence-corrected chi connectivity index (χ1v) is 9.07. The second-order valence-electron chi connectivity index (χ2n) is 6.46. The highest BCUT2D eigenvalue weighted by molar-refractivity contribution is 6.23. The molecule has 0 aliphatic carbocycles. The summed E-state index contributed by atoms with van der Waals surface area (Å²) in [5, 5.41) is 0. The molecule has 3 amide bonds. The van der Waals surface area contributed by atoms with Gasteiger partial charge in [-0.25, -0.2) is 4.90 Å². The molecule has 3 rings (SSSR count). The first-order valence-electron chi connectivity index (χ1n) is 9.07. The van der Waals surface area contributed by atoms with Crippen LogP contribution in [0.3, 0.4) is 0 Å². The molecule has 1 aliphatic heterocycles. The van der Waals surface area contributed by atoms with Crippen LogP contribution in [0.4, 0.5) is 5.69 Å². The lowest BCUT2D eigenvalue weighted by atomic mass is 10.1. The van der Waals surface area contributed by atoms with Crippen molar-refractivity contribution in [3.05, 3.63) is 66.7 Å². The van der Waals surface area contributed by atoms with Crippen LogP contribution in [0.2, 0.25) is 0 Å². The summed E-state index contributed by atoms with van der Waals surface area (Å²) in [5.41, 5.74) is 0.810. The maximum absolute atomic E-state index is 13.1. The van der Waals surface area contributed by atoms with Crippen molar-refractivity contribution in [3.63, 3.8) is 0 Å². The van der Waals surface area contributed by atoms with Crippen molar-refractivity contribution in [2.75, 3.05) is 25.7 Å². The van der Waals surface area contributed by atoms with Gasteiger partial charge in [-0.2, -0.15) is 0 Å². The first kappa shape index (κ1) is 20.1. The van der Waals surface area contributed by atoms with Gasteiger partial charge in [-0.3, -0.25) is 14.4 Å². The lowest BCUT2D eigenvalue weighted by molar-refractivity contribution is -0.122. The van der Waals surface area contributed by atoms with Crippen LogP contribution in [-0.4, -0.2) is 49.4 Å². The summed E-state index contributed by atoms with van der Waals surface area (Å²) < 4.78 is 10.3. The fourth-order valence-corrected chi connectivity index (χ4v) is 3.27. The standard InChI is InChI=1S/C22H22N2O5/c1-4-12-23(21(26)15-6-5-7-18(13-15)29-3)19-14-20(25)24(22(19)27)16-8-10-17(28-2)11-9-16/h4-11,13,19H,1,12,14H2,2-3H3. The second kappa shape index (κ2) is 8.60. The Morgan fingerprint density at radius 2 is 1.83 bits per heavy atom. The van der Waals surface area contributed by atoms with Crippen molar-refractivity contribution in [3.8, 4) is 11.5 Å². The molecule has 7 nitrogen and oxygen atoms in total. The first-order chi connectivity index (χ1) is 14.0. The van der Waals surface area contributed by atoms with Gasteiger partial charge >= 0.3 is 0 Å². The van der Waals surface area contributed by atoms with Gasteiger partial charge in [0.15, 0.2) is 0 Å². The smallest absolute Gasteiger partial charge is 0.257 e. The van der Waals surface area contributed by atoms with Gasteiger partial charge in [-0.1, -0.05) is 12.1 Å². The van der Waals surface area contributed by atoms with Crippen LogP contribution in [0, 0.1) is 0 Å². The van der Waals surface area contributed by atoms with E-state index in [1.807, 2.05) is 0 Å². The number of hydrogen-bond donors (Lipinski definition) is 0. The molecule has 150 valence electrons. The van der Waals surface area contributed by atoms with Gasteiger partial charge in [0.1, 0.15) is 17.5 Å². The zero-order chi connectivity index (χ0) is 21.0. The summed E-state index contributed by atoms with van der Waals surface area (Å²) >= 11 is 0. The van der Waals surface area contributed by atoms with Crippen LogP contribution in [0.15, 0.2) is 61.2 Å². The van der Waals surface area contributed by atoms with E-state index in [-0.39, 0.29) is 24.8 Å². The largest absolute Gasteiger partial charge is 0.497 e. The van der Waals surface area contributed by atoms with E-state index in [0.717, 1.165) is 4.90 Å². The second-order valence-corrected chi connectivity index (χ2v) is 6.46. The van der Waals surface area contributed by atoms with Gasteiger partial charge in [0.25, 0.3) is 11.8 Å². The Labute approximate surface area is 169 Å². The van der Waals surface area contributed by atoms with Crippen molar-refractivity contribution < 1.29 is 23.9 Å². The van der Waals surface area contributed by atoms with Crippen molar-refractivity contribution >= 4 is 23.4 Å². The number of nitrogens with zero attached hydrogens (tertiary/aromatic N) is 2. The van der Waals surface area contributed by atoms with Crippen molar-refractivity contribution in [2.24, 2.45) is 0 Å². The summed E-state index contributed by atoms with van der Waals surface area (Å²) in [7, 11) is 3.05. The fraction of sp³-hybridized carbons (Fsp3) is 0.227. The number of amides is 3. The Morgan fingerprint density at radius 1 is 1.14 bits per heavy atom. The molecule has 1 unspecified atom stereocenters. The Kier molecular flexibility index (Phi) is 5.97. The summed E-state index contributed by atoms with van der Waals surface area (Å²) in [6, 6.07) is 12.4. The monoisotopic (exact) mass is 394 g/mol. The SMILES string of the molecule is C=CCN(C(=O)c1cccc(OC)c1)C1CC(=O)N(c2ccc(OC)cc2)C1=O. The molecule has 7 heteroatoms. The number of ether oxygens (including phenoxy) is 2. The highest BCUT2D eigenvalue weighted by atomic mass is 16.5. The van der Waals surface area contributed by atoms with Gasteiger partial charge in [0.05, 0.1) is 26.3 Å². The number of rotatable bonds is 7. The van der Waals surface area contributed by atoms with E-state index < -0.39 is 11.9 Å². The van der Waals surface area contributed by atoms with Gasteiger partial charge in [0, 0.05) is 12.1 Å². The molecule has 29 heavy (non-hydrogen) atoms. The van der Waals surface area contributed by atoms with Gasteiger partial charge in [0.2, 0.25) is 5.91 Å². The van der Waals surface area contributed by atoms with Crippen LogP contribution in [0.25, 0.3) is 0 Å². The minimum absolute atomic E-state index is 0.0889. The molecule has 1 heterocycles. The summed E-state index contributed by atoms with van der Waals surface area (Å²) in [5.74, 6) is -0.0311. The summed E-state index contributed by atoms with van der Waals surface area (Å²) in [6.45, 7) is 3.81. The highest BCUT2D eigenvalue weighted by Crippen LogP contribution is 2.28. The topological polar surface area (TPSA) is 76.2 Å². The summed E-state index contributed by atoms with van der Waals surface area (Å²) in [4.78, 5) is 41.2. The average Bonchev–Trinajstić information content (AvgIpc) is 3.05. The normalized spacial score (nSPS) is 15.9. The molecule has 1 atom stereocenters. The average molecular weight is 394 g/mol. The van der Waals surface area contributed by atoms with Gasteiger partial charge in [-0.05, 0) is 42.5 Å². The highest BCUT2D eigenvalue weighted by Gasteiger charge is 2.44. The van der Waals surface area contributed by atoms with Crippen LogP contribution in [-0.2, 0) is 9.59 Å². The minimum atomic E-state index is -0.902. The van der Waals surface area contributed by atoms with Crippen molar-refractivity contribution in [1.82, 2.24) is 4.90 Å². The molecule has 0 aromatic heterocycles. The van der Waals surface area contributed by atoms with E-state index >= 15 is 0 Å². The number of hydrogen-bond acceptors (Lipinski definition) is 5. The third-order valence-corrected chi connectivity index (χ3v) is 4.73. The van der Waals surface area contributed by atoms with Gasteiger partial charge < -0.3 is 14.4 Å². The number of carbonyl (C=O) groups excluding carboxylic acids is 3. The van der Waals surface area contributed by atoms with Crippen LogP contribution >= 0.6 is 0 Å². The van der Waals surface area contributed by atoms with E-state index in [0.29, 0.717) is 22.7 Å². The van der Waals surface area contributed by atoms with E-state index in [9.17, 15) is 14.4 Å². The predicted octanol–water partition coefficient (Wildman–Crippen LogP) is 2.66. The predicted molar refractivity (Wildman–Crippen MR) is 108 cm³/mol. The molecule has 1 fully saturated rings. The molecule has 1 saturated heterocycles. The molecular formula is C22H22N2O5.